The quantitative estimate of drug-likeness (QED) is 0.703. The van der Waals surface area contributed by atoms with Gasteiger partial charge in [0.15, 0.2) is 0 Å². The van der Waals surface area contributed by atoms with E-state index in [1.807, 2.05) is 0 Å². The number of piperidine rings is 1. The second kappa shape index (κ2) is 4.43. The molecule has 1 aliphatic heterocycles. The van der Waals surface area contributed by atoms with E-state index >= 15 is 0 Å². The first-order valence-corrected chi connectivity index (χ1v) is 5.47. The highest BCUT2D eigenvalue weighted by molar-refractivity contribution is 4.86. The third kappa shape index (κ3) is 2.96. The molecule has 1 rings (SSSR count). The minimum absolute atomic E-state index is 0.614. The van der Waals surface area contributed by atoms with Crippen molar-refractivity contribution in [3.63, 3.8) is 0 Å². The van der Waals surface area contributed by atoms with Gasteiger partial charge >= 0.3 is 0 Å². The molecule has 2 heteroatoms. The van der Waals surface area contributed by atoms with E-state index in [-0.39, 0.29) is 0 Å². The zero-order valence-electron chi connectivity index (χ0n) is 9.67. The predicted molar refractivity (Wildman–Crippen MR) is 57.9 cm³/mol. The third-order valence-electron chi connectivity index (χ3n) is 3.16. The van der Waals surface area contributed by atoms with Gasteiger partial charge in [-0.25, -0.2) is 0 Å². The minimum Gasteiger partial charge on any atom is -0.311 e. The van der Waals surface area contributed by atoms with Crippen LogP contribution in [0.15, 0.2) is 0 Å². The lowest BCUT2D eigenvalue weighted by Crippen LogP contribution is -2.52. The Kier molecular flexibility index (Phi) is 3.74. The molecule has 0 aromatic heterocycles. The number of nitrogens with one attached hydrogen (secondary N) is 1. The Morgan fingerprint density at radius 1 is 1.31 bits per heavy atom. The largest absolute Gasteiger partial charge is 0.311 e. The molecule has 1 aliphatic rings. The van der Waals surface area contributed by atoms with Gasteiger partial charge in [0, 0.05) is 24.7 Å². The van der Waals surface area contributed by atoms with E-state index in [0.717, 1.165) is 12.0 Å². The Morgan fingerprint density at radius 3 is 2.46 bits per heavy atom. The summed E-state index contributed by atoms with van der Waals surface area (Å²) in [7, 11) is 2.23. The van der Waals surface area contributed by atoms with Gasteiger partial charge in [0.1, 0.15) is 0 Å². The van der Waals surface area contributed by atoms with Gasteiger partial charge in [-0.3, -0.25) is 0 Å². The molecule has 78 valence electrons. The lowest BCUT2D eigenvalue weighted by molar-refractivity contribution is 0.118. The summed E-state index contributed by atoms with van der Waals surface area (Å²) in [6.45, 7) is 10.4. The van der Waals surface area contributed by atoms with Crippen LogP contribution in [0.1, 0.15) is 34.1 Å². The fraction of sp³-hybridized carbons (Fsp3) is 1.00. The molecule has 0 aromatic carbocycles. The Morgan fingerprint density at radius 2 is 1.92 bits per heavy atom. The molecule has 3 atom stereocenters. The minimum atomic E-state index is 0.614. The van der Waals surface area contributed by atoms with E-state index in [9.17, 15) is 0 Å². The summed E-state index contributed by atoms with van der Waals surface area (Å²) < 4.78 is 0. The second-order valence-electron chi connectivity index (χ2n) is 4.93. The number of nitrogens with zero attached hydrogens (tertiary/aromatic N) is 1. The van der Waals surface area contributed by atoms with Crippen LogP contribution in [0.5, 0.6) is 0 Å². The van der Waals surface area contributed by atoms with Crippen molar-refractivity contribution in [3.8, 4) is 0 Å². The molecule has 0 spiro atoms. The van der Waals surface area contributed by atoms with E-state index in [1.54, 1.807) is 0 Å². The summed E-state index contributed by atoms with van der Waals surface area (Å²) in [5, 5.41) is 3.66. The normalized spacial score (nSPS) is 36.9. The Bertz CT molecular complexity index is 156. The predicted octanol–water partition coefficient (Wildman–Crippen LogP) is 1.71. The van der Waals surface area contributed by atoms with E-state index in [2.05, 4.69) is 45.0 Å². The van der Waals surface area contributed by atoms with Crippen molar-refractivity contribution in [1.82, 2.24) is 10.2 Å². The topological polar surface area (TPSA) is 15.3 Å². The van der Waals surface area contributed by atoms with E-state index < -0.39 is 0 Å². The molecule has 0 unspecified atom stereocenters. The van der Waals surface area contributed by atoms with Crippen LogP contribution in [0.3, 0.4) is 0 Å². The summed E-state index contributed by atoms with van der Waals surface area (Å²) in [4.78, 5) is 2.46. The lowest BCUT2D eigenvalue weighted by Gasteiger charge is -2.40. The Labute approximate surface area is 82.7 Å². The molecule has 0 aromatic rings. The van der Waals surface area contributed by atoms with Crippen LogP contribution in [0.25, 0.3) is 0 Å². The van der Waals surface area contributed by atoms with Crippen LogP contribution in [0, 0.1) is 5.92 Å². The first-order valence-electron chi connectivity index (χ1n) is 5.47. The van der Waals surface area contributed by atoms with E-state index in [0.29, 0.717) is 12.1 Å². The fourth-order valence-corrected chi connectivity index (χ4v) is 2.20. The van der Waals surface area contributed by atoms with Crippen LogP contribution >= 0.6 is 0 Å². The van der Waals surface area contributed by atoms with Gasteiger partial charge in [-0.2, -0.15) is 0 Å². The van der Waals surface area contributed by atoms with Crippen LogP contribution in [-0.2, 0) is 0 Å². The van der Waals surface area contributed by atoms with Crippen molar-refractivity contribution in [2.45, 2.75) is 52.2 Å². The second-order valence-corrected chi connectivity index (χ2v) is 4.93. The first-order chi connectivity index (χ1) is 6.00. The van der Waals surface area contributed by atoms with Crippen molar-refractivity contribution < 1.29 is 0 Å². The molecule has 1 saturated heterocycles. The van der Waals surface area contributed by atoms with Crippen molar-refractivity contribution in [2.75, 3.05) is 13.6 Å². The molecule has 0 aliphatic carbocycles. The lowest BCUT2D eigenvalue weighted by atomic mass is 9.89. The highest BCUT2D eigenvalue weighted by atomic mass is 15.2. The van der Waals surface area contributed by atoms with Gasteiger partial charge in [-0.05, 0) is 26.3 Å². The molecular formula is C11H24N2. The average Bonchev–Trinajstić information content (AvgIpc) is 1.99. The van der Waals surface area contributed by atoms with Gasteiger partial charge < -0.3 is 10.2 Å². The van der Waals surface area contributed by atoms with Gasteiger partial charge in [-0.15, -0.1) is 0 Å². The van der Waals surface area contributed by atoms with Crippen LogP contribution in [-0.4, -0.2) is 36.6 Å². The maximum Gasteiger partial charge on any atom is 0.0122 e. The number of hydrogen-bond donors (Lipinski definition) is 1. The van der Waals surface area contributed by atoms with Gasteiger partial charge in [-0.1, -0.05) is 20.8 Å². The SMILES string of the molecule is CC(C)N[C@H]1C[C@H](C)N(C)C[C@H]1C. The zero-order chi connectivity index (χ0) is 10.0. The molecular weight excluding hydrogens is 160 g/mol. The standard InChI is InChI=1S/C11H24N2/c1-8(2)12-11-6-10(4)13(5)7-9(11)3/h8-12H,6-7H2,1-5H3/t9-,10+,11+/m1/s1. The summed E-state index contributed by atoms with van der Waals surface area (Å²) >= 11 is 0. The molecule has 2 nitrogen and oxygen atoms in total. The number of hydrogen-bond acceptors (Lipinski definition) is 2. The monoisotopic (exact) mass is 184 g/mol. The first kappa shape index (κ1) is 11.0. The van der Waals surface area contributed by atoms with Crippen molar-refractivity contribution in [2.24, 2.45) is 5.92 Å². The molecule has 1 fully saturated rings. The molecule has 1 heterocycles. The van der Waals surface area contributed by atoms with Crippen molar-refractivity contribution in [3.05, 3.63) is 0 Å². The zero-order valence-corrected chi connectivity index (χ0v) is 9.67. The third-order valence-corrected chi connectivity index (χ3v) is 3.16. The van der Waals surface area contributed by atoms with E-state index in [4.69, 9.17) is 0 Å². The molecule has 0 radical (unpaired) electrons. The van der Waals surface area contributed by atoms with Crippen LogP contribution in [0.4, 0.5) is 0 Å². The van der Waals surface area contributed by atoms with Gasteiger partial charge in [0.2, 0.25) is 0 Å². The molecule has 0 bridgehead atoms. The smallest absolute Gasteiger partial charge is 0.0122 e. The molecule has 13 heavy (non-hydrogen) atoms. The van der Waals surface area contributed by atoms with Crippen LogP contribution in [0.2, 0.25) is 0 Å². The summed E-state index contributed by atoms with van der Waals surface area (Å²) in [6.07, 6.45) is 1.29. The Balaban J connectivity index is 2.46. The summed E-state index contributed by atoms with van der Waals surface area (Å²) in [5.74, 6) is 0.781. The van der Waals surface area contributed by atoms with Crippen molar-refractivity contribution >= 4 is 0 Å². The molecule has 0 saturated carbocycles. The maximum atomic E-state index is 3.66. The number of likely N-dealkylation sites (tertiary alicyclic amines) is 1. The van der Waals surface area contributed by atoms with Gasteiger partial charge in [0.05, 0.1) is 0 Å². The summed E-state index contributed by atoms with van der Waals surface area (Å²) in [6, 6.07) is 2.06. The molecule has 0 amide bonds. The van der Waals surface area contributed by atoms with Crippen LogP contribution < -0.4 is 5.32 Å². The number of rotatable bonds is 2. The van der Waals surface area contributed by atoms with Gasteiger partial charge in [0.25, 0.3) is 0 Å². The average molecular weight is 184 g/mol. The highest BCUT2D eigenvalue weighted by Crippen LogP contribution is 2.20. The summed E-state index contributed by atoms with van der Waals surface area (Å²) in [5.41, 5.74) is 0. The van der Waals surface area contributed by atoms with Crippen molar-refractivity contribution in [1.29, 1.82) is 0 Å². The highest BCUT2D eigenvalue weighted by Gasteiger charge is 2.28. The fourth-order valence-electron chi connectivity index (χ4n) is 2.20. The Hall–Kier alpha value is -0.0800. The van der Waals surface area contributed by atoms with E-state index in [1.165, 1.54) is 13.0 Å². The molecule has 1 N–H and O–H groups in total. The maximum absolute atomic E-state index is 3.66.